The molecule has 0 saturated heterocycles. The summed E-state index contributed by atoms with van der Waals surface area (Å²) in [6.07, 6.45) is 1.63. The van der Waals surface area contributed by atoms with Crippen molar-refractivity contribution in [1.29, 1.82) is 0 Å². The second-order valence-electron chi connectivity index (χ2n) is 7.15. The maximum Gasteiger partial charge on any atom is 0.278 e. The van der Waals surface area contributed by atoms with Crippen molar-refractivity contribution in [3.05, 3.63) is 81.7 Å². The van der Waals surface area contributed by atoms with Gasteiger partial charge in [-0.3, -0.25) is 14.5 Å². The Hall–Kier alpha value is -3.98. The molecule has 32 heavy (non-hydrogen) atoms. The van der Waals surface area contributed by atoms with Crippen LogP contribution in [0.4, 0.5) is 0 Å². The molecule has 0 aliphatic carbocycles. The van der Waals surface area contributed by atoms with E-state index in [0.29, 0.717) is 32.9 Å². The SMILES string of the molecule is COc1ccc2cnn(Cc3n[nH]c(=S)n3-c3cccc4ccccc34)c(=O)c2c1OC. The van der Waals surface area contributed by atoms with E-state index >= 15 is 0 Å². The van der Waals surface area contributed by atoms with Crippen LogP contribution in [0.3, 0.4) is 0 Å². The molecule has 1 N–H and O–H groups in total. The first-order chi connectivity index (χ1) is 15.6. The molecule has 3 aromatic carbocycles. The van der Waals surface area contributed by atoms with E-state index in [1.165, 1.54) is 18.9 Å². The number of nitrogens with one attached hydrogen (secondary N) is 1. The molecule has 160 valence electrons. The zero-order valence-electron chi connectivity index (χ0n) is 17.4. The second kappa shape index (κ2) is 7.93. The van der Waals surface area contributed by atoms with Crippen molar-refractivity contribution >= 4 is 33.8 Å². The highest BCUT2D eigenvalue weighted by Crippen LogP contribution is 2.32. The van der Waals surface area contributed by atoms with Crippen molar-refractivity contribution in [1.82, 2.24) is 24.5 Å². The van der Waals surface area contributed by atoms with Crippen LogP contribution in [0.1, 0.15) is 5.82 Å². The summed E-state index contributed by atoms with van der Waals surface area (Å²) in [5.74, 6) is 1.41. The fourth-order valence-electron chi connectivity index (χ4n) is 3.92. The molecular weight excluding hydrogens is 426 g/mol. The molecule has 2 heterocycles. The van der Waals surface area contributed by atoms with Crippen molar-refractivity contribution in [2.24, 2.45) is 0 Å². The van der Waals surface area contributed by atoms with Gasteiger partial charge in [0.15, 0.2) is 22.1 Å². The van der Waals surface area contributed by atoms with Crippen molar-refractivity contribution in [2.45, 2.75) is 6.54 Å². The Labute approximate surface area is 187 Å². The van der Waals surface area contributed by atoms with Gasteiger partial charge in [-0.2, -0.15) is 10.2 Å². The Bertz CT molecular complexity index is 1580. The molecule has 0 radical (unpaired) electrons. The highest BCUT2D eigenvalue weighted by atomic mass is 32.1. The topological polar surface area (TPSA) is 87.0 Å². The number of H-pyrrole nitrogens is 1. The average Bonchev–Trinajstić information content (AvgIpc) is 3.19. The van der Waals surface area contributed by atoms with Gasteiger partial charge in [0.25, 0.3) is 5.56 Å². The van der Waals surface area contributed by atoms with Gasteiger partial charge in [-0.05, 0) is 35.8 Å². The molecule has 0 spiro atoms. The molecular formula is C23H19N5O3S. The van der Waals surface area contributed by atoms with Crippen molar-refractivity contribution in [3.63, 3.8) is 0 Å². The van der Waals surface area contributed by atoms with E-state index in [-0.39, 0.29) is 12.1 Å². The van der Waals surface area contributed by atoms with E-state index in [1.807, 2.05) is 47.0 Å². The summed E-state index contributed by atoms with van der Waals surface area (Å²) >= 11 is 5.52. The summed E-state index contributed by atoms with van der Waals surface area (Å²) in [5.41, 5.74) is 0.571. The first kappa shape index (κ1) is 20.0. The van der Waals surface area contributed by atoms with Crippen molar-refractivity contribution in [2.75, 3.05) is 14.2 Å². The number of aromatic nitrogens is 5. The normalized spacial score (nSPS) is 11.2. The Morgan fingerprint density at radius 2 is 1.81 bits per heavy atom. The summed E-state index contributed by atoms with van der Waals surface area (Å²) < 4.78 is 14.4. The van der Waals surface area contributed by atoms with Crippen LogP contribution in [-0.2, 0) is 6.54 Å². The van der Waals surface area contributed by atoms with Gasteiger partial charge in [-0.25, -0.2) is 4.68 Å². The Kier molecular flexibility index (Phi) is 4.95. The minimum Gasteiger partial charge on any atom is -0.493 e. The molecule has 0 aliphatic rings. The molecule has 0 atom stereocenters. The van der Waals surface area contributed by atoms with Crippen molar-refractivity contribution < 1.29 is 9.47 Å². The molecule has 0 fully saturated rings. The number of ether oxygens (including phenoxy) is 2. The fraction of sp³-hybridized carbons (Fsp3) is 0.130. The largest absolute Gasteiger partial charge is 0.493 e. The quantitative estimate of drug-likeness (QED) is 0.414. The van der Waals surface area contributed by atoms with E-state index < -0.39 is 0 Å². The summed E-state index contributed by atoms with van der Waals surface area (Å²) in [4.78, 5) is 13.3. The van der Waals surface area contributed by atoms with Gasteiger partial charge < -0.3 is 9.47 Å². The number of aromatic amines is 1. The van der Waals surface area contributed by atoms with Crippen LogP contribution in [0.2, 0.25) is 0 Å². The van der Waals surface area contributed by atoms with Crippen LogP contribution in [0.25, 0.3) is 27.2 Å². The molecule has 8 nitrogen and oxygen atoms in total. The Balaban J connectivity index is 1.67. The molecule has 0 bridgehead atoms. The minimum absolute atomic E-state index is 0.117. The molecule has 0 unspecified atom stereocenters. The number of hydrogen-bond donors (Lipinski definition) is 1. The lowest BCUT2D eigenvalue weighted by Crippen LogP contribution is -2.25. The van der Waals surface area contributed by atoms with Gasteiger partial charge in [-0.1, -0.05) is 36.4 Å². The first-order valence-corrected chi connectivity index (χ1v) is 10.3. The molecule has 5 aromatic rings. The van der Waals surface area contributed by atoms with Gasteiger partial charge in [0.2, 0.25) is 0 Å². The standard InChI is InChI=1S/C23H19N5O3S/c1-30-18-11-10-15-12-24-27(22(29)20(15)21(18)31-2)13-19-25-26-23(32)28(19)17-9-5-7-14-6-3-4-8-16(14)17/h3-12H,13H2,1-2H3,(H,26,32). The number of hydrogen-bond acceptors (Lipinski definition) is 6. The van der Waals surface area contributed by atoms with Gasteiger partial charge in [-0.15, -0.1) is 0 Å². The molecule has 9 heteroatoms. The summed E-state index contributed by atoms with van der Waals surface area (Å²) in [7, 11) is 3.04. The third-order valence-electron chi connectivity index (χ3n) is 5.40. The zero-order valence-corrected chi connectivity index (χ0v) is 18.2. The van der Waals surface area contributed by atoms with E-state index in [4.69, 9.17) is 21.7 Å². The lowest BCUT2D eigenvalue weighted by molar-refractivity contribution is 0.358. The monoisotopic (exact) mass is 445 g/mol. The highest BCUT2D eigenvalue weighted by Gasteiger charge is 2.17. The van der Waals surface area contributed by atoms with Crippen LogP contribution < -0.4 is 15.0 Å². The minimum atomic E-state index is -0.309. The van der Waals surface area contributed by atoms with E-state index in [0.717, 1.165) is 16.5 Å². The number of fused-ring (bicyclic) bond motifs is 2. The predicted octanol–water partition coefficient (Wildman–Crippen LogP) is 3.86. The molecule has 2 aromatic heterocycles. The van der Waals surface area contributed by atoms with Gasteiger partial charge in [0.05, 0.1) is 31.5 Å². The van der Waals surface area contributed by atoms with Crippen LogP contribution in [0.15, 0.2) is 65.6 Å². The Morgan fingerprint density at radius 1 is 1.00 bits per heavy atom. The summed E-state index contributed by atoms with van der Waals surface area (Å²) in [6.45, 7) is 0.117. The maximum absolute atomic E-state index is 13.3. The van der Waals surface area contributed by atoms with Gasteiger partial charge in [0.1, 0.15) is 6.54 Å². The van der Waals surface area contributed by atoms with E-state index in [1.54, 1.807) is 18.3 Å². The zero-order chi connectivity index (χ0) is 22.2. The van der Waals surface area contributed by atoms with E-state index in [2.05, 4.69) is 15.3 Å². The first-order valence-electron chi connectivity index (χ1n) is 9.87. The number of methoxy groups -OCH3 is 2. The van der Waals surface area contributed by atoms with Crippen LogP contribution in [0.5, 0.6) is 11.5 Å². The smallest absolute Gasteiger partial charge is 0.278 e. The predicted molar refractivity (Wildman–Crippen MR) is 124 cm³/mol. The Morgan fingerprint density at radius 3 is 2.62 bits per heavy atom. The number of rotatable bonds is 5. The summed E-state index contributed by atoms with van der Waals surface area (Å²) in [5, 5.41) is 14.7. The highest BCUT2D eigenvalue weighted by molar-refractivity contribution is 7.71. The fourth-order valence-corrected chi connectivity index (χ4v) is 4.17. The second-order valence-corrected chi connectivity index (χ2v) is 7.54. The van der Waals surface area contributed by atoms with E-state index in [9.17, 15) is 4.79 Å². The average molecular weight is 446 g/mol. The number of nitrogens with zero attached hydrogens (tertiary/aromatic N) is 4. The lowest BCUT2D eigenvalue weighted by atomic mass is 10.1. The van der Waals surface area contributed by atoms with Gasteiger partial charge >= 0.3 is 0 Å². The molecule has 5 rings (SSSR count). The van der Waals surface area contributed by atoms with Gasteiger partial charge in [0, 0.05) is 10.8 Å². The van der Waals surface area contributed by atoms with Crippen molar-refractivity contribution in [3.8, 4) is 17.2 Å². The van der Waals surface area contributed by atoms with Crippen LogP contribution >= 0.6 is 12.2 Å². The maximum atomic E-state index is 13.3. The number of benzene rings is 3. The van der Waals surface area contributed by atoms with Crippen LogP contribution in [0, 0.1) is 4.77 Å². The van der Waals surface area contributed by atoms with Crippen LogP contribution in [-0.4, -0.2) is 38.8 Å². The lowest BCUT2D eigenvalue weighted by Gasteiger charge is -2.13. The molecule has 0 aliphatic heterocycles. The molecule has 0 amide bonds. The summed E-state index contributed by atoms with van der Waals surface area (Å²) in [6, 6.07) is 17.5. The third-order valence-corrected chi connectivity index (χ3v) is 5.68. The third kappa shape index (κ3) is 3.14. The molecule has 0 saturated carbocycles.